The highest BCUT2D eigenvalue weighted by Gasteiger charge is 2.31. The van der Waals surface area contributed by atoms with Gasteiger partial charge < -0.3 is 14.5 Å². The summed E-state index contributed by atoms with van der Waals surface area (Å²) in [7, 11) is 0. The zero-order valence-corrected chi connectivity index (χ0v) is 15.1. The Balaban J connectivity index is 1.74. The van der Waals surface area contributed by atoms with E-state index < -0.39 is 6.36 Å². The Morgan fingerprint density at radius 2 is 1.81 bits per heavy atom. The molecule has 1 aromatic heterocycles. The van der Waals surface area contributed by atoms with Gasteiger partial charge in [0, 0.05) is 36.6 Å². The van der Waals surface area contributed by atoms with Crippen molar-refractivity contribution in [3.63, 3.8) is 0 Å². The number of carbonyl (C=O) groups excluding carboxylic acids is 2. The van der Waals surface area contributed by atoms with Crippen molar-refractivity contribution in [3.05, 3.63) is 34.8 Å². The van der Waals surface area contributed by atoms with Gasteiger partial charge in [-0.3, -0.25) is 9.59 Å². The Kier molecular flexibility index (Phi) is 5.36. The highest BCUT2D eigenvalue weighted by molar-refractivity contribution is 7.15. The Labute approximate surface area is 157 Å². The number of piperazine rings is 1. The van der Waals surface area contributed by atoms with Crippen molar-refractivity contribution >= 4 is 23.7 Å². The second kappa shape index (κ2) is 7.55. The molecule has 3 rings (SSSR count). The van der Waals surface area contributed by atoms with Crippen LogP contribution in [0.2, 0.25) is 0 Å². The number of nitrogens with zero attached hydrogens (tertiary/aromatic N) is 3. The minimum absolute atomic E-state index is 0.211. The summed E-state index contributed by atoms with van der Waals surface area (Å²) in [4.78, 5) is 31.8. The average molecular weight is 399 g/mol. The molecule has 0 aliphatic carbocycles. The number of halogens is 3. The first-order chi connectivity index (χ1) is 12.8. The molecule has 144 valence electrons. The molecule has 1 aromatic carbocycles. The lowest BCUT2D eigenvalue weighted by molar-refractivity contribution is -0.274. The number of aryl methyl sites for hydroxylation is 1. The number of ether oxygens (including phenoxy) is 1. The molecule has 0 unspecified atom stereocenters. The van der Waals surface area contributed by atoms with E-state index >= 15 is 0 Å². The normalized spacial score (nSPS) is 15.0. The van der Waals surface area contributed by atoms with Crippen LogP contribution >= 0.6 is 11.3 Å². The van der Waals surface area contributed by atoms with Gasteiger partial charge in [0.05, 0.1) is 0 Å². The summed E-state index contributed by atoms with van der Waals surface area (Å²) in [5.41, 5.74) is 0.924. The summed E-state index contributed by atoms with van der Waals surface area (Å²) in [6, 6.07) is 5.35. The predicted octanol–water partition coefficient (Wildman–Crippen LogP) is 2.93. The molecule has 2 heterocycles. The number of amides is 2. The van der Waals surface area contributed by atoms with Crippen LogP contribution in [0, 0.1) is 6.92 Å². The van der Waals surface area contributed by atoms with Crippen LogP contribution in [0.4, 0.5) is 13.2 Å². The minimum Gasteiger partial charge on any atom is -0.406 e. The number of alkyl halides is 3. The lowest BCUT2D eigenvalue weighted by atomic mass is 10.2. The van der Waals surface area contributed by atoms with Crippen LogP contribution in [0.5, 0.6) is 5.75 Å². The average Bonchev–Trinajstić information content (AvgIpc) is 3.02. The molecule has 1 saturated heterocycles. The van der Waals surface area contributed by atoms with Crippen LogP contribution < -0.4 is 4.74 Å². The van der Waals surface area contributed by atoms with Crippen LogP contribution in [-0.4, -0.2) is 59.6 Å². The molecule has 0 saturated carbocycles. The van der Waals surface area contributed by atoms with Crippen molar-refractivity contribution in [1.82, 2.24) is 14.8 Å². The van der Waals surface area contributed by atoms with Gasteiger partial charge in [0.25, 0.3) is 5.91 Å². The van der Waals surface area contributed by atoms with Gasteiger partial charge in [0.15, 0.2) is 0 Å². The molecule has 1 aliphatic rings. The monoisotopic (exact) mass is 399 g/mol. The molecule has 10 heteroatoms. The van der Waals surface area contributed by atoms with Gasteiger partial charge in [0.2, 0.25) is 6.41 Å². The van der Waals surface area contributed by atoms with Gasteiger partial charge in [-0.2, -0.15) is 0 Å². The van der Waals surface area contributed by atoms with E-state index in [-0.39, 0.29) is 11.7 Å². The molecular weight excluding hydrogens is 383 g/mol. The molecule has 2 amide bonds. The molecule has 0 bridgehead atoms. The van der Waals surface area contributed by atoms with E-state index in [2.05, 4.69) is 9.72 Å². The lowest BCUT2D eigenvalue weighted by Crippen LogP contribution is -2.48. The highest BCUT2D eigenvalue weighted by atomic mass is 32.1. The van der Waals surface area contributed by atoms with Crippen molar-refractivity contribution in [2.45, 2.75) is 13.3 Å². The van der Waals surface area contributed by atoms with E-state index in [1.54, 1.807) is 16.7 Å². The summed E-state index contributed by atoms with van der Waals surface area (Å²) in [5, 5.41) is 0.543. The quantitative estimate of drug-likeness (QED) is 0.742. The van der Waals surface area contributed by atoms with Crippen LogP contribution in [0.25, 0.3) is 10.6 Å². The number of rotatable bonds is 4. The first kappa shape index (κ1) is 19.2. The molecule has 0 spiro atoms. The van der Waals surface area contributed by atoms with E-state index in [4.69, 9.17) is 0 Å². The number of carbonyl (C=O) groups is 2. The molecule has 6 nitrogen and oxygen atoms in total. The standard InChI is InChI=1S/C17H16F3N3O3S/c1-11-14(16(25)23-8-6-22(10-24)7-9-23)21-15(27-11)12-2-4-13(5-3-12)26-17(18,19)20/h2-5,10H,6-9H2,1H3. The molecule has 2 aromatic rings. The van der Waals surface area contributed by atoms with Gasteiger partial charge >= 0.3 is 6.36 Å². The van der Waals surface area contributed by atoms with Gasteiger partial charge in [-0.1, -0.05) is 0 Å². The number of hydrogen-bond donors (Lipinski definition) is 0. The summed E-state index contributed by atoms with van der Waals surface area (Å²) >= 11 is 1.30. The summed E-state index contributed by atoms with van der Waals surface area (Å²) < 4.78 is 40.6. The number of aromatic nitrogens is 1. The third-order valence-electron chi connectivity index (χ3n) is 4.08. The second-order valence-corrected chi connectivity index (χ2v) is 7.13. The zero-order valence-electron chi connectivity index (χ0n) is 14.3. The van der Waals surface area contributed by atoms with Crippen molar-refractivity contribution in [1.29, 1.82) is 0 Å². The highest BCUT2D eigenvalue weighted by Crippen LogP contribution is 2.31. The number of hydrogen-bond acceptors (Lipinski definition) is 5. The molecular formula is C17H16F3N3O3S. The molecule has 0 radical (unpaired) electrons. The summed E-state index contributed by atoms with van der Waals surface area (Å²) in [5.74, 6) is -0.526. The van der Waals surface area contributed by atoms with Gasteiger partial charge in [0.1, 0.15) is 16.5 Å². The van der Waals surface area contributed by atoms with E-state index in [1.807, 2.05) is 0 Å². The Morgan fingerprint density at radius 1 is 1.19 bits per heavy atom. The zero-order chi connectivity index (χ0) is 19.6. The van der Waals surface area contributed by atoms with Gasteiger partial charge in [-0.05, 0) is 31.2 Å². The molecule has 0 atom stereocenters. The fraction of sp³-hybridized carbons (Fsp3) is 0.353. The Hall–Kier alpha value is -2.62. The van der Waals surface area contributed by atoms with Crippen LogP contribution in [-0.2, 0) is 4.79 Å². The Bertz CT molecular complexity index is 828. The van der Waals surface area contributed by atoms with Crippen molar-refractivity contribution in [2.75, 3.05) is 26.2 Å². The maximum atomic E-state index is 12.7. The van der Waals surface area contributed by atoms with Gasteiger partial charge in [-0.25, -0.2) is 4.98 Å². The van der Waals surface area contributed by atoms with E-state index in [1.165, 1.54) is 35.6 Å². The molecule has 27 heavy (non-hydrogen) atoms. The maximum Gasteiger partial charge on any atom is 0.573 e. The smallest absolute Gasteiger partial charge is 0.406 e. The summed E-state index contributed by atoms with van der Waals surface area (Å²) in [6.07, 6.45) is -3.98. The fourth-order valence-electron chi connectivity index (χ4n) is 2.70. The first-order valence-electron chi connectivity index (χ1n) is 8.09. The van der Waals surface area contributed by atoms with Crippen LogP contribution in [0.15, 0.2) is 24.3 Å². The van der Waals surface area contributed by atoms with Crippen LogP contribution in [0.3, 0.4) is 0 Å². The van der Waals surface area contributed by atoms with E-state index in [0.29, 0.717) is 42.4 Å². The fourth-order valence-corrected chi connectivity index (χ4v) is 3.61. The molecule has 1 aliphatic heterocycles. The van der Waals surface area contributed by atoms with Gasteiger partial charge in [-0.15, -0.1) is 24.5 Å². The minimum atomic E-state index is -4.74. The van der Waals surface area contributed by atoms with Crippen molar-refractivity contribution < 1.29 is 27.5 Å². The largest absolute Gasteiger partial charge is 0.573 e. The SMILES string of the molecule is Cc1sc(-c2ccc(OC(F)(F)F)cc2)nc1C(=O)N1CCN(C=O)CC1. The van der Waals surface area contributed by atoms with Crippen molar-refractivity contribution in [3.8, 4) is 16.3 Å². The Morgan fingerprint density at radius 3 is 2.37 bits per heavy atom. The number of thiazole rings is 1. The predicted molar refractivity (Wildman–Crippen MR) is 92.5 cm³/mol. The van der Waals surface area contributed by atoms with Crippen LogP contribution in [0.1, 0.15) is 15.4 Å². The summed E-state index contributed by atoms with van der Waals surface area (Å²) in [6.45, 7) is 3.61. The van der Waals surface area contributed by atoms with E-state index in [9.17, 15) is 22.8 Å². The molecule has 1 fully saturated rings. The van der Waals surface area contributed by atoms with Crippen molar-refractivity contribution in [2.24, 2.45) is 0 Å². The lowest BCUT2D eigenvalue weighted by Gasteiger charge is -2.32. The first-order valence-corrected chi connectivity index (χ1v) is 8.91. The third-order valence-corrected chi connectivity index (χ3v) is 5.10. The third kappa shape index (κ3) is 4.57. The topological polar surface area (TPSA) is 62.7 Å². The second-order valence-electron chi connectivity index (χ2n) is 5.93. The maximum absolute atomic E-state index is 12.7. The molecule has 0 N–H and O–H groups in total. The van der Waals surface area contributed by atoms with E-state index in [0.717, 1.165) is 11.3 Å². The number of benzene rings is 1.